The summed E-state index contributed by atoms with van der Waals surface area (Å²) in [5, 5.41) is 0.953. The summed E-state index contributed by atoms with van der Waals surface area (Å²) in [5.74, 6) is 0.437. The maximum absolute atomic E-state index is 13.1. The predicted molar refractivity (Wildman–Crippen MR) is 104 cm³/mol. The van der Waals surface area contributed by atoms with Gasteiger partial charge in [0.15, 0.2) is 5.76 Å². The number of ether oxygens (including phenoxy) is 1. The van der Waals surface area contributed by atoms with Crippen molar-refractivity contribution in [2.24, 2.45) is 0 Å². The lowest BCUT2D eigenvalue weighted by Crippen LogP contribution is -2.50. The lowest BCUT2D eigenvalue weighted by Gasteiger charge is -2.38. The number of fused-ring (bicyclic) bond motifs is 1. The number of benzene rings is 1. The van der Waals surface area contributed by atoms with Crippen molar-refractivity contribution in [3.8, 4) is 0 Å². The highest BCUT2D eigenvalue weighted by atomic mass is 79.9. The molecule has 0 radical (unpaired) electrons. The van der Waals surface area contributed by atoms with Crippen molar-refractivity contribution in [2.75, 3.05) is 26.2 Å². The molecule has 0 bridgehead atoms. The highest BCUT2D eigenvalue weighted by Crippen LogP contribution is 2.29. The molecule has 3 unspecified atom stereocenters. The van der Waals surface area contributed by atoms with Crippen molar-refractivity contribution in [2.45, 2.75) is 44.9 Å². The van der Waals surface area contributed by atoms with Gasteiger partial charge >= 0.3 is 0 Å². The molecule has 2 aliphatic rings. The molecule has 4 rings (SSSR count). The number of nitrogens with zero attached hydrogens (tertiary/aromatic N) is 2. The number of carbonyl (C=O) groups excluding carboxylic acids is 1. The topological polar surface area (TPSA) is 45.9 Å². The predicted octanol–water partition coefficient (Wildman–Crippen LogP) is 3.91. The fraction of sp³-hybridized carbons (Fsp3) is 0.550. The van der Waals surface area contributed by atoms with Crippen LogP contribution < -0.4 is 0 Å². The van der Waals surface area contributed by atoms with Crippen LogP contribution in [0.3, 0.4) is 0 Å². The van der Waals surface area contributed by atoms with Gasteiger partial charge in [-0.25, -0.2) is 0 Å². The molecule has 0 saturated carbocycles. The lowest BCUT2D eigenvalue weighted by molar-refractivity contribution is -0.0715. The maximum Gasteiger partial charge on any atom is 0.289 e. The molecule has 6 heteroatoms. The van der Waals surface area contributed by atoms with Gasteiger partial charge < -0.3 is 14.1 Å². The van der Waals surface area contributed by atoms with Crippen molar-refractivity contribution in [3.05, 3.63) is 34.5 Å². The van der Waals surface area contributed by atoms with E-state index in [9.17, 15) is 4.79 Å². The standard InChI is InChI=1S/C20H25BrN2O3/c1-13-10-22(11-14(2)25-13)12-16-6-4-8-23(16)20(24)18-9-15-5-3-7-17(21)19(15)26-18/h3,5,7,9,13-14,16H,4,6,8,10-12H2,1-2H3. The van der Waals surface area contributed by atoms with E-state index in [2.05, 4.69) is 34.7 Å². The highest BCUT2D eigenvalue weighted by Gasteiger charge is 2.34. The number of likely N-dealkylation sites (tertiary alicyclic amines) is 1. The van der Waals surface area contributed by atoms with E-state index in [1.165, 1.54) is 0 Å². The molecular weight excluding hydrogens is 396 g/mol. The fourth-order valence-corrected chi connectivity index (χ4v) is 4.76. The van der Waals surface area contributed by atoms with Crippen molar-refractivity contribution in [1.29, 1.82) is 0 Å². The molecule has 3 atom stereocenters. The smallest absolute Gasteiger partial charge is 0.289 e. The van der Waals surface area contributed by atoms with Crippen LogP contribution in [0.15, 0.2) is 33.2 Å². The third-order valence-electron chi connectivity index (χ3n) is 5.31. The normalized spacial score (nSPS) is 27.3. The molecule has 2 saturated heterocycles. The molecule has 2 fully saturated rings. The quantitative estimate of drug-likeness (QED) is 0.754. The minimum Gasteiger partial charge on any atom is -0.450 e. The van der Waals surface area contributed by atoms with Gasteiger partial charge in [0.2, 0.25) is 0 Å². The van der Waals surface area contributed by atoms with Crippen LogP contribution in [0.5, 0.6) is 0 Å². The molecule has 5 nitrogen and oxygen atoms in total. The van der Waals surface area contributed by atoms with Crippen LogP contribution in [0.1, 0.15) is 37.2 Å². The van der Waals surface area contributed by atoms with Gasteiger partial charge in [0, 0.05) is 37.6 Å². The summed E-state index contributed by atoms with van der Waals surface area (Å²) in [5.41, 5.74) is 0.738. The zero-order valence-electron chi connectivity index (χ0n) is 15.3. The SMILES string of the molecule is CC1CN(CC2CCCN2C(=O)c2cc3cccc(Br)c3o2)CC(C)O1. The molecule has 0 N–H and O–H groups in total. The van der Waals surface area contributed by atoms with Crippen LogP contribution in [0, 0.1) is 0 Å². The Morgan fingerprint density at radius 2 is 2.04 bits per heavy atom. The van der Waals surface area contributed by atoms with E-state index >= 15 is 0 Å². The van der Waals surface area contributed by atoms with E-state index in [-0.39, 0.29) is 24.2 Å². The monoisotopic (exact) mass is 420 g/mol. The van der Waals surface area contributed by atoms with E-state index < -0.39 is 0 Å². The largest absolute Gasteiger partial charge is 0.450 e. The van der Waals surface area contributed by atoms with E-state index in [0.29, 0.717) is 5.76 Å². The number of hydrogen-bond donors (Lipinski definition) is 0. The Labute approximate surface area is 162 Å². The third-order valence-corrected chi connectivity index (χ3v) is 5.93. The number of carbonyl (C=O) groups is 1. The second kappa shape index (κ2) is 7.33. The third kappa shape index (κ3) is 3.55. The van der Waals surface area contributed by atoms with Gasteiger partial charge in [0.05, 0.1) is 16.7 Å². The van der Waals surface area contributed by atoms with Gasteiger partial charge in [-0.3, -0.25) is 9.69 Å². The average molecular weight is 421 g/mol. The second-order valence-corrected chi connectivity index (χ2v) is 8.39. The Balaban J connectivity index is 1.50. The average Bonchev–Trinajstić information content (AvgIpc) is 3.21. The number of rotatable bonds is 3. The van der Waals surface area contributed by atoms with Gasteiger partial charge in [-0.1, -0.05) is 12.1 Å². The van der Waals surface area contributed by atoms with Crippen LogP contribution in [0.4, 0.5) is 0 Å². The van der Waals surface area contributed by atoms with Crippen molar-refractivity contribution >= 4 is 32.8 Å². The first-order valence-corrected chi connectivity index (χ1v) is 10.2. The molecule has 0 aliphatic carbocycles. The van der Waals surface area contributed by atoms with Crippen molar-refractivity contribution < 1.29 is 13.9 Å². The van der Waals surface area contributed by atoms with Gasteiger partial charge in [-0.15, -0.1) is 0 Å². The Morgan fingerprint density at radius 3 is 2.77 bits per heavy atom. The van der Waals surface area contributed by atoms with Crippen molar-refractivity contribution in [1.82, 2.24) is 9.80 Å². The number of hydrogen-bond acceptors (Lipinski definition) is 4. The zero-order chi connectivity index (χ0) is 18.3. The molecular formula is C20H25BrN2O3. The number of furan rings is 1. The zero-order valence-corrected chi connectivity index (χ0v) is 16.9. The van der Waals surface area contributed by atoms with Crippen molar-refractivity contribution in [3.63, 3.8) is 0 Å². The summed E-state index contributed by atoms with van der Waals surface area (Å²) in [7, 11) is 0. The Bertz CT molecular complexity index is 795. The molecule has 1 amide bonds. The number of para-hydroxylation sites is 1. The molecule has 1 aromatic heterocycles. The number of amides is 1. The lowest BCUT2D eigenvalue weighted by atomic mass is 10.1. The first-order chi connectivity index (χ1) is 12.5. The van der Waals surface area contributed by atoms with Crippen LogP contribution in [-0.4, -0.2) is 60.1 Å². The fourth-order valence-electron chi connectivity index (χ4n) is 4.30. The van der Waals surface area contributed by atoms with Gasteiger partial charge in [0.1, 0.15) is 5.58 Å². The maximum atomic E-state index is 13.1. The summed E-state index contributed by atoms with van der Waals surface area (Å²) < 4.78 is 12.6. The number of morpholine rings is 1. The summed E-state index contributed by atoms with van der Waals surface area (Å²) in [6.07, 6.45) is 2.60. The summed E-state index contributed by atoms with van der Waals surface area (Å²) in [4.78, 5) is 17.5. The molecule has 2 aliphatic heterocycles. The molecule has 26 heavy (non-hydrogen) atoms. The molecule has 3 heterocycles. The summed E-state index contributed by atoms with van der Waals surface area (Å²) in [6, 6.07) is 7.96. The first-order valence-electron chi connectivity index (χ1n) is 9.38. The van der Waals surface area contributed by atoms with E-state index in [4.69, 9.17) is 9.15 Å². The van der Waals surface area contributed by atoms with Gasteiger partial charge in [-0.05, 0) is 54.8 Å². The Morgan fingerprint density at radius 1 is 1.27 bits per heavy atom. The summed E-state index contributed by atoms with van der Waals surface area (Å²) in [6.45, 7) is 7.81. The molecule has 1 aromatic carbocycles. The number of halogens is 1. The van der Waals surface area contributed by atoms with Crippen LogP contribution in [0.25, 0.3) is 11.0 Å². The van der Waals surface area contributed by atoms with E-state index in [1.54, 1.807) is 0 Å². The minimum absolute atomic E-state index is 0.00459. The van der Waals surface area contributed by atoms with Crippen LogP contribution >= 0.6 is 15.9 Å². The van der Waals surface area contributed by atoms with E-state index in [1.807, 2.05) is 29.2 Å². The summed E-state index contributed by atoms with van der Waals surface area (Å²) >= 11 is 3.49. The highest BCUT2D eigenvalue weighted by molar-refractivity contribution is 9.10. The Hall–Kier alpha value is -1.37. The first kappa shape index (κ1) is 18.0. The Kier molecular flexibility index (Phi) is 5.08. The molecule has 2 aromatic rings. The van der Waals surface area contributed by atoms with Crippen LogP contribution in [-0.2, 0) is 4.74 Å². The molecule has 0 spiro atoms. The second-order valence-electron chi connectivity index (χ2n) is 7.54. The molecule has 140 valence electrons. The van der Waals surface area contributed by atoms with Gasteiger partial charge in [-0.2, -0.15) is 0 Å². The minimum atomic E-state index is 0.00459. The van der Waals surface area contributed by atoms with E-state index in [0.717, 1.165) is 54.5 Å². The van der Waals surface area contributed by atoms with Crippen LogP contribution in [0.2, 0.25) is 0 Å². The van der Waals surface area contributed by atoms with Gasteiger partial charge in [0.25, 0.3) is 5.91 Å².